The first-order valence-corrected chi connectivity index (χ1v) is 4.65. The van der Waals surface area contributed by atoms with Crippen LogP contribution in [0.5, 0.6) is 5.75 Å². The summed E-state index contributed by atoms with van der Waals surface area (Å²) >= 11 is 1.13. The number of nitrogens with one attached hydrogen (secondary N) is 1. The van der Waals surface area contributed by atoms with E-state index in [1.807, 2.05) is 0 Å². The van der Waals surface area contributed by atoms with Crippen LogP contribution in [0.1, 0.15) is 16.6 Å². The van der Waals surface area contributed by atoms with Crippen molar-refractivity contribution in [1.82, 2.24) is 5.32 Å². The Morgan fingerprint density at radius 3 is 3.00 bits per heavy atom. The molecule has 0 spiro atoms. The molecule has 1 amide bonds. The summed E-state index contributed by atoms with van der Waals surface area (Å²) in [7, 11) is 0. The Morgan fingerprint density at radius 1 is 1.85 bits per heavy atom. The third kappa shape index (κ3) is 2.69. The fourth-order valence-electron chi connectivity index (χ4n) is 0.779. The van der Waals surface area contributed by atoms with Crippen LogP contribution in [0.25, 0.3) is 0 Å². The van der Waals surface area contributed by atoms with Crippen LogP contribution in [-0.4, -0.2) is 23.7 Å². The van der Waals surface area contributed by atoms with Crippen molar-refractivity contribution in [2.24, 2.45) is 0 Å². The van der Waals surface area contributed by atoms with Gasteiger partial charge in [0.1, 0.15) is 12.4 Å². The minimum Gasteiger partial charge on any atom is -0.507 e. The Balaban J connectivity index is 2.58. The number of carbonyl (C=O) groups excluding carboxylic acids is 1. The molecule has 0 radical (unpaired) electrons. The van der Waals surface area contributed by atoms with E-state index in [1.165, 1.54) is 11.4 Å². The molecule has 0 aliphatic carbocycles. The number of amides is 1. The number of thiophene rings is 1. The maximum absolute atomic E-state index is 12.0. The molecule has 0 saturated carbocycles. The highest BCUT2D eigenvalue weighted by molar-refractivity contribution is 7.12. The highest BCUT2D eigenvalue weighted by Crippen LogP contribution is 2.19. The third-order valence-corrected chi connectivity index (χ3v) is 2.33. The molecule has 0 fully saturated rings. The van der Waals surface area contributed by atoms with Gasteiger partial charge in [-0.25, -0.2) is 4.39 Å². The average Bonchev–Trinajstić information content (AvgIpc) is 2.51. The maximum Gasteiger partial charge on any atom is 0.261 e. The van der Waals surface area contributed by atoms with Crippen molar-refractivity contribution in [3.63, 3.8) is 0 Å². The van der Waals surface area contributed by atoms with Crippen molar-refractivity contribution in [2.75, 3.05) is 6.67 Å². The third-order valence-electron chi connectivity index (χ3n) is 1.42. The summed E-state index contributed by atoms with van der Waals surface area (Å²) in [6.07, 6.45) is 0. The zero-order valence-corrected chi connectivity index (χ0v) is 7.90. The molecule has 1 rings (SSSR count). The molecule has 3 nitrogen and oxygen atoms in total. The molecule has 0 aliphatic heterocycles. The van der Waals surface area contributed by atoms with Gasteiger partial charge in [-0.15, -0.1) is 11.3 Å². The number of rotatable bonds is 3. The molecule has 1 aromatic rings. The van der Waals surface area contributed by atoms with E-state index >= 15 is 0 Å². The number of carbonyl (C=O) groups is 1. The van der Waals surface area contributed by atoms with Crippen LogP contribution < -0.4 is 5.32 Å². The summed E-state index contributed by atoms with van der Waals surface area (Å²) in [4.78, 5) is 11.6. The Hall–Kier alpha value is -1.10. The van der Waals surface area contributed by atoms with Crippen molar-refractivity contribution < 1.29 is 14.3 Å². The summed E-state index contributed by atoms with van der Waals surface area (Å²) in [6.45, 7) is 0.981. The van der Waals surface area contributed by atoms with Gasteiger partial charge in [0, 0.05) is 11.4 Å². The molecule has 0 bridgehead atoms. The molecule has 2 N–H and O–H groups in total. The number of aromatic hydroxyl groups is 1. The van der Waals surface area contributed by atoms with E-state index in [-0.39, 0.29) is 11.7 Å². The lowest BCUT2D eigenvalue weighted by Crippen LogP contribution is -2.33. The monoisotopic (exact) mass is 203 g/mol. The van der Waals surface area contributed by atoms with Crippen LogP contribution in [0, 0.1) is 0 Å². The molecule has 72 valence electrons. The van der Waals surface area contributed by atoms with Crippen molar-refractivity contribution in [3.8, 4) is 5.75 Å². The number of hydrogen-bond donors (Lipinski definition) is 2. The molecule has 13 heavy (non-hydrogen) atoms. The summed E-state index contributed by atoms with van der Waals surface area (Å²) < 4.78 is 12.0. The molecule has 1 aromatic heterocycles. The zero-order valence-electron chi connectivity index (χ0n) is 7.08. The minimum absolute atomic E-state index is 0.0584. The molecule has 1 unspecified atom stereocenters. The van der Waals surface area contributed by atoms with Crippen LogP contribution in [-0.2, 0) is 0 Å². The predicted molar refractivity (Wildman–Crippen MR) is 48.9 cm³/mol. The summed E-state index contributed by atoms with van der Waals surface area (Å²) in [5.74, 6) is -0.293. The van der Waals surface area contributed by atoms with E-state index in [9.17, 15) is 9.18 Å². The largest absolute Gasteiger partial charge is 0.507 e. The summed E-state index contributed by atoms with van der Waals surface area (Å²) in [6, 6.07) is 0.863. The standard InChI is InChI=1S/C8H10FNO2S/c1-5(3-9)10-8(12)7-2-6(11)4-13-7/h2,4-5,11H,3H2,1H3,(H,10,12). The van der Waals surface area contributed by atoms with Gasteiger partial charge in [0.05, 0.1) is 10.9 Å². The first-order valence-electron chi connectivity index (χ1n) is 3.78. The molecular formula is C8H10FNO2S. The molecule has 1 heterocycles. The van der Waals surface area contributed by atoms with Gasteiger partial charge >= 0.3 is 0 Å². The highest BCUT2D eigenvalue weighted by atomic mass is 32.1. The second-order valence-electron chi connectivity index (χ2n) is 2.70. The van der Waals surface area contributed by atoms with Gasteiger partial charge in [-0.1, -0.05) is 0 Å². The zero-order chi connectivity index (χ0) is 9.84. The van der Waals surface area contributed by atoms with E-state index in [0.29, 0.717) is 4.88 Å². The van der Waals surface area contributed by atoms with E-state index in [4.69, 9.17) is 5.11 Å². The van der Waals surface area contributed by atoms with Gasteiger partial charge in [0.2, 0.25) is 0 Å². The predicted octanol–water partition coefficient (Wildman–Crippen LogP) is 1.54. The summed E-state index contributed by atoms with van der Waals surface area (Å²) in [5, 5.41) is 12.8. The van der Waals surface area contributed by atoms with Gasteiger partial charge in [-0.3, -0.25) is 4.79 Å². The Morgan fingerprint density at radius 2 is 2.54 bits per heavy atom. The lowest BCUT2D eigenvalue weighted by atomic mass is 10.3. The first-order chi connectivity index (χ1) is 6.13. The molecule has 0 aromatic carbocycles. The second-order valence-corrected chi connectivity index (χ2v) is 3.61. The maximum atomic E-state index is 12.0. The van der Waals surface area contributed by atoms with Crippen molar-refractivity contribution in [2.45, 2.75) is 13.0 Å². The SMILES string of the molecule is CC(CF)NC(=O)c1cc(O)cs1. The molecule has 5 heteroatoms. The normalized spacial score (nSPS) is 12.5. The van der Waals surface area contributed by atoms with Gasteiger partial charge in [0.25, 0.3) is 5.91 Å². The van der Waals surface area contributed by atoms with Crippen molar-refractivity contribution in [1.29, 1.82) is 0 Å². The van der Waals surface area contributed by atoms with E-state index in [1.54, 1.807) is 6.92 Å². The van der Waals surface area contributed by atoms with E-state index in [0.717, 1.165) is 11.3 Å². The fraction of sp³-hybridized carbons (Fsp3) is 0.375. The van der Waals surface area contributed by atoms with Crippen molar-refractivity contribution in [3.05, 3.63) is 16.3 Å². The highest BCUT2D eigenvalue weighted by Gasteiger charge is 2.11. The van der Waals surface area contributed by atoms with Crippen LogP contribution in [0.15, 0.2) is 11.4 Å². The minimum atomic E-state index is -0.594. The lowest BCUT2D eigenvalue weighted by Gasteiger charge is -2.07. The molecule has 0 aliphatic rings. The lowest BCUT2D eigenvalue weighted by molar-refractivity contribution is 0.0938. The van der Waals surface area contributed by atoms with Crippen LogP contribution >= 0.6 is 11.3 Å². The number of halogens is 1. The molecule has 1 atom stereocenters. The van der Waals surface area contributed by atoms with Crippen LogP contribution in [0.2, 0.25) is 0 Å². The Kier molecular flexibility index (Phi) is 3.25. The van der Waals surface area contributed by atoms with Gasteiger partial charge in [-0.05, 0) is 6.92 Å². The van der Waals surface area contributed by atoms with Gasteiger partial charge < -0.3 is 10.4 Å². The molecule has 0 saturated heterocycles. The number of hydrogen-bond acceptors (Lipinski definition) is 3. The van der Waals surface area contributed by atoms with Gasteiger partial charge in [0.15, 0.2) is 0 Å². The Labute approximate surface area is 79.2 Å². The summed E-state index contributed by atoms with van der Waals surface area (Å²) in [5.41, 5.74) is 0. The topological polar surface area (TPSA) is 49.3 Å². The second kappa shape index (κ2) is 4.23. The van der Waals surface area contributed by atoms with Crippen LogP contribution in [0.4, 0.5) is 4.39 Å². The Bertz CT molecular complexity index is 300. The quantitative estimate of drug-likeness (QED) is 0.782. The smallest absolute Gasteiger partial charge is 0.261 e. The van der Waals surface area contributed by atoms with E-state index in [2.05, 4.69) is 5.32 Å². The van der Waals surface area contributed by atoms with Crippen LogP contribution in [0.3, 0.4) is 0 Å². The fourth-order valence-corrected chi connectivity index (χ4v) is 1.45. The van der Waals surface area contributed by atoms with Crippen molar-refractivity contribution >= 4 is 17.2 Å². The molecular weight excluding hydrogens is 193 g/mol. The number of alkyl halides is 1. The van der Waals surface area contributed by atoms with E-state index < -0.39 is 12.7 Å². The van der Waals surface area contributed by atoms with Gasteiger partial charge in [-0.2, -0.15) is 0 Å². The first kappa shape index (κ1) is 9.98. The average molecular weight is 203 g/mol.